The molecule has 7 nitrogen and oxygen atoms in total. The summed E-state index contributed by atoms with van der Waals surface area (Å²) < 4.78 is 1.61. The van der Waals surface area contributed by atoms with E-state index in [1.807, 2.05) is 29.6 Å². The Morgan fingerprint density at radius 1 is 1.17 bits per heavy atom. The van der Waals surface area contributed by atoms with Crippen LogP contribution in [0.3, 0.4) is 0 Å². The van der Waals surface area contributed by atoms with Gasteiger partial charge in [0.15, 0.2) is 5.65 Å². The van der Waals surface area contributed by atoms with Crippen LogP contribution in [0.15, 0.2) is 64.8 Å². The predicted octanol–water partition coefficient (Wildman–Crippen LogP) is 3.88. The molecule has 5 rings (SSSR count). The first-order valence-electron chi connectivity index (χ1n) is 9.07. The van der Waals surface area contributed by atoms with E-state index in [4.69, 9.17) is 11.6 Å². The normalized spacial score (nSPS) is 11.2. The maximum atomic E-state index is 12.6. The standard InChI is InChI=1S/C21H14ClN5O2S/c22-14-6-3-12(4-7-14)18-19-24-21(29)16-8-5-13(10-17(16)27(19)26-25-18)20(28)23-11-15-2-1-9-30-15/h1-10,26H,11H2,(H,23,28). The number of fused-ring (bicyclic) bond motifs is 3. The number of aromatic nitrogens is 4. The van der Waals surface area contributed by atoms with Crippen molar-refractivity contribution in [3.05, 3.63) is 85.8 Å². The molecule has 2 N–H and O–H groups in total. The summed E-state index contributed by atoms with van der Waals surface area (Å²) in [7, 11) is 0. The number of halogens is 1. The van der Waals surface area contributed by atoms with Gasteiger partial charge in [-0.2, -0.15) is 10.1 Å². The Balaban J connectivity index is 1.58. The van der Waals surface area contributed by atoms with Gasteiger partial charge in [0.25, 0.3) is 11.5 Å². The smallest absolute Gasteiger partial charge is 0.281 e. The SMILES string of the molecule is O=C(NCc1cccs1)c1ccc2c(=O)nc3c(-c4ccc(Cl)cc4)n[nH]n3c2c1. The molecule has 5 aromatic rings. The van der Waals surface area contributed by atoms with Crippen LogP contribution in [-0.4, -0.2) is 25.7 Å². The molecule has 0 spiro atoms. The Hall–Kier alpha value is -3.49. The van der Waals surface area contributed by atoms with E-state index in [1.54, 1.807) is 46.2 Å². The molecule has 0 aliphatic carbocycles. The number of carbonyl (C=O) groups excluding carboxylic acids is 1. The lowest BCUT2D eigenvalue weighted by Crippen LogP contribution is -2.22. The van der Waals surface area contributed by atoms with Gasteiger partial charge in [0.2, 0.25) is 0 Å². The second-order valence-electron chi connectivity index (χ2n) is 6.64. The fourth-order valence-corrected chi connectivity index (χ4v) is 4.02. The quantitative estimate of drug-likeness (QED) is 0.448. The Labute approximate surface area is 178 Å². The fourth-order valence-electron chi connectivity index (χ4n) is 3.25. The van der Waals surface area contributed by atoms with Crippen molar-refractivity contribution in [1.29, 1.82) is 0 Å². The molecule has 0 atom stereocenters. The Morgan fingerprint density at radius 2 is 2.00 bits per heavy atom. The zero-order chi connectivity index (χ0) is 20.7. The minimum atomic E-state index is -0.382. The van der Waals surface area contributed by atoms with Gasteiger partial charge in [-0.3, -0.25) is 9.59 Å². The third-order valence-electron chi connectivity index (χ3n) is 4.75. The van der Waals surface area contributed by atoms with Crippen LogP contribution >= 0.6 is 22.9 Å². The summed E-state index contributed by atoms with van der Waals surface area (Å²) in [5.41, 5.74) is 2.27. The van der Waals surface area contributed by atoms with Gasteiger partial charge >= 0.3 is 0 Å². The van der Waals surface area contributed by atoms with Gasteiger partial charge in [0.1, 0.15) is 5.69 Å². The summed E-state index contributed by atoms with van der Waals surface area (Å²) >= 11 is 7.54. The number of thiophene rings is 1. The fraction of sp³-hybridized carbons (Fsp3) is 0.0476. The van der Waals surface area contributed by atoms with Crippen LogP contribution in [0.1, 0.15) is 15.2 Å². The highest BCUT2D eigenvalue weighted by atomic mass is 35.5. The van der Waals surface area contributed by atoms with E-state index in [0.717, 1.165) is 10.4 Å². The largest absolute Gasteiger partial charge is 0.347 e. The number of nitrogens with zero attached hydrogens (tertiary/aromatic N) is 3. The third-order valence-corrected chi connectivity index (χ3v) is 5.87. The molecule has 30 heavy (non-hydrogen) atoms. The highest BCUT2D eigenvalue weighted by molar-refractivity contribution is 7.09. The van der Waals surface area contributed by atoms with Crippen LogP contribution in [0.4, 0.5) is 0 Å². The number of aromatic amines is 1. The molecule has 3 aromatic heterocycles. The van der Waals surface area contributed by atoms with Crippen molar-refractivity contribution in [3.8, 4) is 11.3 Å². The molecule has 1 amide bonds. The Bertz CT molecular complexity index is 1440. The molecule has 0 aliphatic rings. The number of hydrogen-bond acceptors (Lipinski definition) is 5. The number of rotatable bonds is 4. The first kappa shape index (κ1) is 18.5. The van der Waals surface area contributed by atoms with Gasteiger partial charge in [-0.25, -0.2) is 9.73 Å². The second kappa shape index (κ2) is 7.40. The van der Waals surface area contributed by atoms with E-state index in [0.29, 0.717) is 39.4 Å². The van der Waals surface area contributed by atoms with Crippen LogP contribution in [-0.2, 0) is 6.54 Å². The first-order valence-corrected chi connectivity index (χ1v) is 10.3. The average Bonchev–Trinajstić information content (AvgIpc) is 3.42. The zero-order valence-electron chi connectivity index (χ0n) is 15.4. The van der Waals surface area contributed by atoms with Crippen molar-refractivity contribution < 1.29 is 4.79 Å². The van der Waals surface area contributed by atoms with Crippen molar-refractivity contribution in [2.75, 3.05) is 0 Å². The number of nitrogens with one attached hydrogen (secondary N) is 2. The molecule has 0 saturated heterocycles. The summed E-state index contributed by atoms with van der Waals surface area (Å²) in [5.74, 6) is -0.222. The minimum Gasteiger partial charge on any atom is -0.347 e. The average molecular weight is 436 g/mol. The first-order chi connectivity index (χ1) is 14.6. The van der Waals surface area contributed by atoms with E-state index < -0.39 is 0 Å². The summed E-state index contributed by atoms with van der Waals surface area (Å²) in [6.07, 6.45) is 0. The Kier molecular flexibility index (Phi) is 4.57. The molecular weight excluding hydrogens is 422 g/mol. The van der Waals surface area contributed by atoms with Crippen molar-refractivity contribution in [1.82, 2.24) is 25.1 Å². The lowest BCUT2D eigenvalue weighted by molar-refractivity contribution is 0.0951. The maximum Gasteiger partial charge on any atom is 0.281 e. The molecule has 2 aromatic carbocycles. The van der Waals surface area contributed by atoms with Gasteiger partial charge in [-0.05, 0) is 41.8 Å². The predicted molar refractivity (Wildman–Crippen MR) is 117 cm³/mol. The van der Waals surface area contributed by atoms with Gasteiger partial charge < -0.3 is 5.32 Å². The lowest BCUT2D eigenvalue weighted by atomic mass is 10.1. The number of hydrogen-bond donors (Lipinski definition) is 2. The van der Waals surface area contributed by atoms with E-state index in [1.165, 1.54) is 0 Å². The monoisotopic (exact) mass is 435 g/mol. The summed E-state index contributed by atoms with van der Waals surface area (Å²) in [4.78, 5) is 30.5. The molecule has 3 heterocycles. The molecule has 9 heteroatoms. The number of amides is 1. The molecule has 0 bridgehead atoms. The zero-order valence-corrected chi connectivity index (χ0v) is 17.0. The Morgan fingerprint density at radius 3 is 2.77 bits per heavy atom. The van der Waals surface area contributed by atoms with Crippen LogP contribution in [0.25, 0.3) is 27.8 Å². The van der Waals surface area contributed by atoms with Gasteiger partial charge in [-0.1, -0.05) is 29.8 Å². The summed E-state index contributed by atoms with van der Waals surface area (Å²) in [5, 5.41) is 13.1. The number of carbonyl (C=O) groups is 1. The molecular formula is C21H14ClN5O2S. The lowest BCUT2D eigenvalue weighted by Gasteiger charge is -2.06. The van der Waals surface area contributed by atoms with Gasteiger partial charge in [0.05, 0.1) is 17.4 Å². The van der Waals surface area contributed by atoms with Crippen LogP contribution in [0.2, 0.25) is 5.02 Å². The van der Waals surface area contributed by atoms with E-state index in [2.05, 4.69) is 20.6 Å². The number of H-pyrrole nitrogens is 1. The van der Waals surface area contributed by atoms with Crippen LogP contribution in [0, 0.1) is 0 Å². The minimum absolute atomic E-state index is 0.222. The van der Waals surface area contributed by atoms with Crippen LogP contribution in [0.5, 0.6) is 0 Å². The third kappa shape index (κ3) is 3.26. The molecule has 0 radical (unpaired) electrons. The second-order valence-corrected chi connectivity index (χ2v) is 8.11. The van der Waals surface area contributed by atoms with E-state index in [9.17, 15) is 9.59 Å². The van der Waals surface area contributed by atoms with Crippen LogP contribution < -0.4 is 10.9 Å². The highest BCUT2D eigenvalue weighted by Crippen LogP contribution is 2.24. The molecule has 0 unspecified atom stereocenters. The van der Waals surface area contributed by atoms with Crippen molar-refractivity contribution in [2.24, 2.45) is 0 Å². The summed E-state index contributed by atoms with van der Waals surface area (Å²) in [6.45, 7) is 0.449. The molecule has 0 aliphatic heterocycles. The van der Waals surface area contributed by atoms with Gasteiger partial charge in [-0.15, -0.1) is 11.3 Å². The molecule has 0 saturated carbocycles. The molecule has 0 fully saturated rings. The highest BCUT2D eigenvalue weighted by Gasteiger charge is 2.16. The van der Waals surface area contributed by atoms with Crippen molar-refractivity contribution in [2.45, 2.75) is 6.54 Å². The van der Waals surface area contributed by atoms with Crippen molar-refractivity contribution >= 4 is 45.4 Å². The van der Waals surface area contributed by atoms with Crippen molar-refractivity contribution in [3.63, 3.8) is 0 Å². The summed E-state index contributed by atoms with van der Waals surface area (Å²) in [6, 6.07) is 15.9. The van der Waals surface area contributed by atoms with E-state index in [-0.39, 0.29) is 11.5 Å². The maximum absolute atomic E-state index is 12.6. The topological polar surface area (TPSA) is 92.2 Å². The molecule has 148 valence electrons. The van der Waals surface area contributed by atoms with E-state index >= 15 is 0 Å². The van der Waals surface area contributed by atoms with Gasteiger partial charge in [0, 0.05) is 21.0 Å². The number of benzene rings is 2.